The molecule has 0 radical (unpaired) electrons. The lowest BCUT2D eigenvalue weighted by molar-refractivity contribution is 0.102. The minimum Gasteiger partial charge on any atom is -0.307 e. The normalized spacial score (nSPS) is 13.3. The van der Waals surface area contributed by atoms with Gasteiger partial charge in [0.05, 0.1) is 5.69 Å². The summed E-state index contributed by atoms with van der Waals surface area (Å²) in [6.45, 7) is 0. The molecule has 1 aromatic heterocycles. The molecule has 1 N–H and O–H groups in total. The number of anilines is 1. The van der Waals surface area contributed by atoms with Crippen LogP contribution in [0.4, 0.5) is 10.2 Å². The zero-order chi connectivity index (χ0) is 14.3. The number of aromatic nitrogens is 2. The van der Waals surface area contributed by atoms with Crippen LogP contribution < -0.4 is 5.32 Å². The van der Waals surface area contributed by atoms with Gasteiger partial charge < -0.3 is 5.32 Å². The summed E-state index contributed by atoms with van der Waals surface area (Å²) in [4.78, 5) is 12.2. The Bertz CT molecular complexity index is 676. The molecule has 0 bridgehead atoms. The molecule has 2 aromatic rings. The molecule has 0 saturated heterocycles. The largest absolute Gasteiger partial charge is 0.307 e. The Morgan fingerprint density at radius 2 is 2.20 bits per heavy atom. The van der Waals surface area contributed by atoms with Crippen LogP contribution in [0, 0.1) is 5.82 Å². The Kier molecular flexibility index (Phi) is 3.33. The van der Waals surface area contributed by atoms with Crippen LogP contribution in [0.15, 0.2) is 22.7 Å². The zero-order valence-electron chi connectivity index (χ0n) is 10.9. The van der Waals surface area contributed by atoms with Crippen LogP contribution in [0.5, 0.6) is 0 Å². The van der Waals surface area contributed by atoms with E-state index in [1.54, 1.807) is 17.8 Å². The first kappa shape index (κ1) is 13.3. The first-order valence-electron chi connectivity index (χ1n) is 6.37. The molecular weight excluding hydrogens is 325 g/mol. The monoisotopic (exact) mass is 337 g/mol. The number of halogens is 2. The lowest BCUT2D eigenvalue weighted by atomic mass is 10.2. The maximum atomic E-state index is 13.3. The fourth-order valence-electron chi connectivity index (χ4n) is 2.54. The van der Waals surface area contributed by atoms with E-state index in [1.165, 1.54) is 12.1 Å². The molecule has 4 nitrogen and oxygen atoms in total. The second-order valence-electron chi connectivity index (χ2n) is 4.86. The molecule has 1 aliphatic carbocycles. The Balaban J connectivity index is 1.90. The summed E-state index contributed by atoms with van der Waals surface area (Å²) in [5, 5.41) is 7.23. The van der Waals surface area contributed by atoms with Crippen LogP contribution >= 0.6 is 15.9 Å². The van der Waals surface area contributed by atoms with Crippen molar-refractivity contribution >= 4 is 27.7 Å². The lowest BCUT2D eigenvalue weighted by Gasteiger charge is -2.08. The molecule has 0 saturated carbocycles. The minimum atomic E-state index is -0.445. The summed E-state index contributed by atoms with van der Waals surface area (Å²) in [6.07, 6.45) is 2.93. The molecular formula is C14H13BrFN3O. The van der Waals surface area contributed by atoms with Gasteiger partial charge in [0.15, 0.2) is 0 Å². The topological polar surface area (TPSA) is 46.9 Å². The van der Waals surface area contributed by atoms with E-state index < -0.39 is 5.82 Å². The Morgan fingerprint density at radius 1 is 1.40 bits per heavy atom. The number of hydrogen-bond acceptors (Lipinski definition) is 2. The maximum absolute atomic E-state index is 13.3. The van der Waals surface area contributed by atoms with Crippen molar-refractivity contribution in [2.45, 2.75) is 19.3 Å². The molecule has 20 heavy (non-hydrogen) atoms. The molecule has 0 atom stereocenters. The second-order valence-corrected chi connectivity index (χ2v) is 5.78. The van der Waals surface area contributed by atoms with Crippen molar-refractivity contribution in [2.75, 3.05) is 5.32 Å². The predicted molar refractivity (Wildman–Crippen MR) is 77.3 cm³/mol. The summed E-state index contributed by atoms with van der Waals surface area (Å²) >= 11 is 3.19. The van der Waals surface area contributed by atoms with E-state index >= 15 is 0 Å². The highest BCUT2D eigenvalue weighted by Gasteiger charge is 2.22. The number of carbonyl (C=O) groups is 1. The van der Waals surface area contributed by atoms with Gasteiger partial charge in [-0.2, -0.15) is 5.10 Å². The number of amides is 1. The summed E-state index contributed by atoms with van der Waals surface area (Å²) in [7, 11) is 1.80. The third-order valence-electron chi connectivity index (χ3n) is 3.43. The summed E-state index contributed by atoms with van der Waals surface area (Å²) in [5.74, 6) is -0.0643. The molecule has 1 aromatic carbocycles. The molecule has 104 valence electrons. The average molecular weight is 338 g/mol. The lowest BCUT2D eigenvalue weighted by Crippen LogP contribution is -2.16. The van der Waals surface area contributed by atoms with E-state index in [0.29, 0.717) is 10.3 Å². The number of nitrogens with zero attached hydrogens (tertiary/aromatic N) is 2. The number of hydrogen-bond donors (Lipinski definition) is 1. The van der Waals surface area contributed by atoms with Crippen molar-refractivity contribution in [1.29, 1.82) is 0 Å². The number of carbonyl (C=O) groups excluding carboxylic acids is 1. The molecule has 0 aliphatic heterocycles. The van der Waals surface area contributed by atoms with E-state index in [4.69, 9.17) is 0 Å². The van der Waals surface area contributed by atoms with Crippen molar-refractivity contribution < 1.29 is 9.18 Å². The minimum absolute atomic E-state index is 0.282. The fourth-order valence-corrected chi connectivity index (χ4v) is 3.01. The van der Waals surface area contributed by atoms with E-state index in [1.807, 2.05) is 0 Å². The first-order chi connectivity index (χ1) is 9.54. The zero-order valence-corrected chi connectivity index (χ0v) is 12.5. The maximum Gasteiger partial charge on any atom is 0.256 e. The van der Waals surface area contributed by atoms with E-state index in [0.717, 1.165) is 30.5 Å². The van der Waals surface area contributed by atoms with Gasteiger partial charge in [0.1, 0.15) is 11.6 Å². The van der Waals surface area contributed by atoms with Gasteiger partial charge in [-0.25, -0.2) is 4.39 Å². The third-order valence-corrected chi connectivity index (χ3v) is 3.88. The van der Waals surface area contributed by atoms with Gasteiger partial charge in [0, 0.05) is 22.6 Å². The van der Waals surface area contributed by atoms with Crippen LogP contribution in [0.3, 0.4) is 0 Å². The Labute approximate surface area is 124 Å². The number of fused-ring (bicyclic) bond motifs is 1. The van der Waals surface area contributed by atoms with Crippen molar-refractivity contribution in [1.82, 2.24) is 9.78 Å². The molecule has 0 fully saturated rings. The number of aryl methyl sites for hydroxylation is 2. The van der Waals surface area contributed by atoms with Gasteiger partial charge in [-0.3, -0.25) is 9.48 Å². The average Bonchev–Trinajstić information content (AvgIpc) is 2.91. The quantitative estimate of drug-likeness (QED) is 0.915. The van der Waals surface area contributed by atoms with Crippen LogP contribution in [0.2, 0.25) is 0 Å². The van der Waals surface area contributed by atoms with Crippen molar-refractivity contribution in [3.63, 3.8) is 0 Å². The van der Waals surface area contributed by atoms with Gasteiger partial charge in [0.25, 0.3) is 5.91 Å². The number of rotatable bonds is 2. The Hall–Kier alpha value is -1.69. The van der Waals surface area contributed by atoms with E-state index in [-0.39, 0.29) is 11.5 Å². The van der Waals surface area contributed by atoms with Gasteiger partial charge in [0.2, 0.25) is 0 Å². The van der Waals surface area contributed by atoms with E-state index in [9.17, 15) is 9.18 Å². The Morgan fingerprint density at radius 3 is 2.95 bits per heavy atom. The van der Waals surface area contributed by atoms with Crippen LogP contribution in [0.25, 0.3) is 0 Å². The smallest absolute Gasteiger partial charge is 0.256 e. The van der Waals surface area contributed by atoms with Crippen LogP contribution in [0.1, 0.15) is 28.0 Å². The molecule has 3 rings (SSSR count). The molecule has 0 unspecified atom stereocenters. The van der Waals surface area contributed by atoms with E-state index in [2.05, 4.69) is 26.3 Å². The van der Waals surface area contributed by atoms with Gasteiger partial charge in [-0.05, 0) is 37.5 Å². The first-order valence-corrected chi connectivity index (χ1v) is 7.16. The highest BCUT2D eigenvalue weighted by atomic mass is 79.9. The van der Waals surface area contributed by atoms with Crippen molar-refractivity contribution in [3.8, 4) is 0 Å². The molecule has 1 aliphatic rings. The molecule has 1 amide bonds. The van der Waals surface area contributed by atoms with Crippen LogP contribution in [-0.2, 0) is 19.9 Å². The van der Waals surface area contributed by atoms with Gasteiger partial charge in [-0.1, -0.05) is 15.9 Å². The summed E-state index contributed by atoms with van der Waals surface area (Å²) < 4.78 is 15.6. The van der Waals surface area contributed by atoms with Crippen molar-refractivity contribution in [2.24, 2.45) is 7.05 Å². The molecule has 6 heteroatoms. The number of nitrogens with one attached hydrogen (secondary N) is 1. The van der Waals surface area contributed by atoms with Crippen LogP contribution in [-0.4, -0.2) is 15.7 Å². The highest BCUT2D eigenvalue weighted by molar-refractivity contribution is 9.10. The molecule has 0 spiro atoms. The standard InChI is InChI=1S/C14H13BrFN3O/c1-19-13(11-3-2-4-12(11)18-19)17-14(20)8-5-9(15)7-10(16)6-8/h5-7H,2-4H2,1H3,(H,17,20). The predicted octanol–water partition coefficient (Wildman–Crippen LogP) is 3.06. The fraction of sp³-hybridized carbons (Fsp3) is 0.286. The van der Waals surface area contributed by atoms with Gasteiger partial charge in [-0.15, -0.1) is 0 Å². The van der Waals surface area contributed by atoms with Gasteiger partial charge >= 0.3 is 0 Å². The number of benzene rings is 1. The summed E-state index contributed by atoms with van der Waals surface area (Å²) in [5.41, 5.74) is 2.42. The second kappa shape index (κ2) is 5.01. The summed E-state index contributed by atoms with van der Waals surface area (Å²) in [6, 6.07) is 4.13. The molecule has 1 heterocycles. The SMILES string of the molecule is Cn1nc2c(c1NC(=O)c1cc(F)cc(Br)c1)CCC2. The third kappa shape index (κ3) is 2.35. The van der Waals surface area contributed by atoms with Crippen molar-refractivity contribution in [3.05, 3.63) is 45.3 Å². The highest BCUT2D eigenvalue weighted by Crippen LogP contribution is 2.28.